The SMILES string of the molecule is CCCCOc1ccc(C(=O)N/N=C\c2ccc(OC(=O)c3ccc(Cl)cc3Cl)cc2)cc1. The summed E-state index contributed by atoms with van der Waals surface area (Å²) in [5.74, 6) is 0.139. The molecule has 1 amide bonds. The van der Waals surface area contributed by atoms with Gasteiger partial charge in [0.15, 0.2) is 0 Å². The maximum atomic E-state index is 12.3. The molecule has 0 aliphatic carbocycles. The molecule has 0 aliphatic heterocycles. The fraction of sp³-hybridized carbons (Fsp3) is 0.160. The van der Waals surface area contributed by atoms with Crippen molar-refractivity contribution in [2.75, 3.05) is 6.61 Å². The van der Waals surface area contributed by atoms with Crippen LogP contribution in [0, 0.1) is 0 Å². The Labute approximate surface area is 202 Å². The van der Waals surface area contributed by atoms with Crippen LogP contribution in [0.1, 0.15) is 46.0 Å². The number of unbranched alkanes of at least 4 members (excludes halogenated alkanes) is 1. The number of nitrogens with zero attached hydrogens (tertiary/aromatic N) is 1. The number of esters is 1. The first-order chi connectivity index (χ1) is 16.0. The van der Waals surface area contributed by atoms with Crippen LogP contribution in [-0.2, 0) is 0 Å². The van der Waals surface area contributed by atoms with E-state index in [-0.39, 0.29) is 16.5 Å². The first-order valence-electron chi connectivity index (χ1n) is 10.3. The van der Waals surface area contributed by atoms with Gasteiger partial charge >= 0.3 is 5.97 Å². The summed E-state index contributed by atoms with van der Waals surface area (Å²) in [4.78, 5) is 24.5. The van der Waals surface area contributed by atoms with Crippen LogP contribution in [0.25, 0.3) is 0 Å². The molecular weight excluding hydrogens is 463 g/mol. The van der Waals surface area contributed by atoms with E-state index in [1.54, 1.807) is 54.6 Å². The Balaban J connectivity index is 1.51. The van der Waals surface area contributed by atoms with Gasteiger partial charge in [0.2, 0.25) is 0 Å². The Morgan fingerprint density at radius 2 is 1.67 bits per heavy atom. The van der Waals surface area contributed by atoms with Gasteiger partial charge < -0.3 is 9.47 Å². The molecule has 0 saturated heterocycles. The summed E-state index contributed by atoms with van der Waals surface area (Å²) in [5, 5.41) is 4.61. The summed E-state index contributed by atoms with van der Waals surface area (Å²) in [5.41, 5.74) is 3.87. The van der Waals surface area contributed by atoms with Gasteiger partial charge in [-0.2, -0.15) is 5.10 Å². The minimum atomic E-state index is -0.591. The highest BCUT2D eigenvalue weighted by atomic mass is 35.5. The van der Waals surface area contributed by atoms with Gasteiger partial charge in [-0.05, 0) is 78.7 Å². The van der Waals surface area contributed by atoms with Crippen molar-refractivity contribution in [2.24, 2.45) is 5.10 Å². The van der Waals surface area contributed by atoms with E-state index in [9.17, 15) is 9.59 Å². The third kappa shape index (κ3) is 7.34. The van der Waals surface area contributed by atoms with E-state index in [1.807, 2.05) is 0 Å². The van der Waals surface area contributed by atoms with E-state index in [1.165, 1.54) is 18.3 Å². The molecule has 0 radical (unpaired) electrons. The standard InChI is InChI=1S/C25H22Cl2N2O4/c1-2-3-14-32-20-11-6-18(7-12-20)24(30)29-28-16-17-4-9-21(10-5-17)33-25(31)22-13-8-19(26)15-23(22)27/h4-13,15-16H,2-3,14H2,1H3,(H,29,30)/b28-16-. The van der Waals surface area contributed by atoms with Gasteiger partial charge in [0.25, 0.3) is 5.91 Å². The number of carbonyl (C=O) groups is 2. The van der Waals surface area contributed by atoms with Gasteiger partial charge in [0.05, 0.1) is 23.4 Å². The largest absolute Gasteiger partial charge is 0.494 e. The van der Waals surface area contributed by atoms with Crippen LogP contribution in [-0.4, -0.2) is 24.7 Å². The molecule has 1 N–H and O–H groups in total. The predicted molar refractivity (Wildman–Crippen MR) is 130 cm³/mol. The number of rotatable bonds is 9. The second-order valence-electron chi connectivity index (χ2n) is 7.01. The van der Waals surface area contributed by atoms with Gasteiger partial charge in [0.1, 0.15) is 11.5 Å². The molecule has 0 spiro atoms. The van der Waals surface area contributed by atoms with Crippen molar-refractivity contribution in [1.82, 2.24) is 5.43 Å². The molecule has 3 rings (SSSR count). The summed E-state index contributed by atoms with van der Waals surface area (Å²) in [6.07, 6.45) is 3.53. The van der Waals surface area contributed by atoms with Crippen molar-refractivity contribution in [2.45, 2.75) is 19.8 Å². The average Bonchev–Trinajstić information content (AvgIpc) is 2.80. The lowest BCUT2D eigenvalue weighted by Gasteiger charge is -2.06. The molecular formula is C25H22Cl2N2O4. The Kier molecular flexibility index (Phi) is 8.87. The second-order valence-corrected chi connectivity index (χ2v) is 7.85. The third-order valence-corrected chi connectivity index (χ3v) is 5.05. The normalized spacial score (nSPS) is 10.8. The van der Waals surface area contributed by atoms with Crippen LogP contribution in [0.3, 0.4) is 0 Å². The quantitative estimate of drug-likeness (QED) is 0.130. The summed E-state index contributed by atoms with van der Waals surface area (Å²) in [7, 11) is 0. The van der Waals surface area contributed by atoms with Gasteiger partial charge in [-0.1, -0.05) is 36.5 Å². The number of hydrazone groups is 1. The van der Waals surface area contributed by atoms with Crippen LogP contribution in [0.4, 0.5) is 0 Å². The molecule has 0 saturated carbocycles. The molecule has 0 bridgehead atoms. The first-order valence-corrected chi connectivity index (χ1v) is 11.1. The van der Waals surface area contributed by atoms with E-state index in [0.29, 0.717) is 28.5 Å². The molecule has 0 fully saturated rings. The lowest BCUT2D eigenvalue weighted by atomic mass is 10.2. The third-order valence-electron chi connectivity index (χ3n) is 4.50. The van der Waals surface area contributed by atoms with Crippen LogP contribution >= 0.6 is 23.2 Å². The van der Waals surface area contributed by atoms with Gasteiger partial charge in [0, 0.05) is 10.6 Å². The van der Waals surface area contributed by atoms with Crippen molar-refractivity contribution >= 4 is 41.3 Å². The number of amides is 1. The zero-order valence-electron chi connectivity index (χ0n) is 17.9. The predicted octanol–water partition coefficient (Wildman–Crippen LogP) is 6.16. The van der Waals surface area contributed by atoms with E-state index in [4.69, 9.17) is 32.7 Å². The molecule has 170 valence electrons. The maximum Gasteiger partial charge on any atom is 0.345 e. The summed E-state index contributed by atoms with van der Waals surface area (Å²) in [6, 6.07) is 18.0. The topological polar surface area (TPSA) is 77.0 Å². The number of carbonyl (C=O) groups excluding carboxylic acids is 2. The number of hydrogen-bond acceptors (Lipinski definition) is 5. The minimum absolute atomic E-state index is 0.214. The number of nitrogens with one attached hydrogen (secondary N) is 1. The van der Waals surface area contributed by atoms with Gasteiger partial charge in [-0.3, -0.25) is 4.79 Å². The molecule has 0 atom stereocenters. The number of benzene rings is 3. The van der Waals surface area contributed by atoms with Gasteiger partial charge in [-0.15, -0.1) is 0 Å². The Morgan fingerprint density at radius 3 is 2.33 bits per heavy atom. The van der Waals surface area contributed by atoms with Crippen molar-refractivity contribution in [3.8, 4) is 11.5 Å². The number of hydrogen-bond donors (Lipinski definition) is 1. The van der Waals surface area contributed by atoms with E-state index in [0.717, 1.165) is 18.6 Å². The molecule has 8 heteroatoms. The molecule has 3 aromatic rings. The Bertz CT molecular complexity index is 1130. The highest BCUT2D eigenvalue weighted by molar-refractivity contribution is 6.36. The maximum absolute atomic E-state index is 12.3. The van der Waals surface area contributed by atoms with Gasteiger partial charge in [-0.25, -0.2) is 10.2 Å². The number of halogens is 2. The molecule has 6 nitrogen and oxygen atoms in total. The van der Waals surface area contributed by atoms with Crippen LogP contribution in [0.15, 0.2) is 71.8 Å². The smallest absolute Gasteiger partial charge is 0.345 e. The summed E-state index contributed by atoms with van der Waals surface area (Å²) in [6.45, 7) is 2.75. The minimum Gasteiger partial charge on any atom is -0.494 e. The Morgan fingerprint density at radius 1 is 0.970 bits per heavy atom. The molecule has 33 heavy (non-hydrogen) atoms. The highest BCUT2D eigenvalue weighted by Gasteiger charge is 2.13. The molecule has 0 aliphatic rings. The van der Waals surface area contributed by atoms with E-state index in [2.05, 4.69) is 17.5 Å². The fourth-order valence-electron chi connectivity index (χ4n) is 2.71. The average molecular weight is 485 g/mol. The van der Waals surface area contributed by atoms with E-state index >= 15 is 0 Å². The molecule has 0 unspecified atom stereocenters. The monoisotopic (exact) mass is 484 g/mol. The van der Waals surface area contributed by atoms with Crippen molar-refractivity contribution in [3.05, 3.63) is 93.5 Å². The Hall–Kier alpha value is -3.35. The van der Waals surface area contributed by atoms with E-state index < -0.39 is 5.97 Å². The highest BCUT2D eigenvalue weighted by Crippen LogP contribution is 2.23. The number of ether oxygens (including phenoxy) is 2. The van der Waals surface area contributed by atoms with Crippen molar-refractivity contribution in [1.29, 1.82) is 0 Å². The molecule has 3 aromatic carbocycles. The molecule has 0 heterocycles. The zero-order valence-corrected chi connectivity index (χ0v) is 19.4. The fourth-order valence-corrected chi connectivity index (χ4v) is 3.19. The first kappa shape index (κ1) is 24.3. The van der Waals surface area contributed by atoms with Crippen molar-refractivity contribution in [3.63, 3.8) is 0 Å². The van der Waals surface area contributed by atoms with Crippen LogP contribution < -0.4 is 14.9 Å². The summed E-state index contributed by atoms with van der Waals surface area (Å²) >= 11 is 11.9. The summed E-state index contributed by atoms with van der Waals surface area (Å²) < 4.78 is 10.9. The van der Waals surface area contributed by atoms with Crippen molar-refractivity contribution < 1.29 is 19.1 Å². The molecule has 0 aromatic heterocycles. The van der Waals surface area contributed by atoms with Crippen LogP contribution in [0.5, 0.6) is 11.5 Å². The lowest BCUT2D eigenvalue weighted by Crippen LogP contribution is -2.17. The van der Waals surface area contributed by atoms with Crippen LogP contribution in [0.2, 0.25) is 10.0 Å². The second kappa shape index (κ2) is 12.0. The lowest BCUT2D eigenvalue weighted by molar-refractivity contribution is 0.0734. The zero-order chi connectivity index (χ0) is 23.6.